The summed E-state index contributed by atoms with van der Waals surface area (Å²) in [6.45, 7) is 3.54. The van der Waals surface area contributed by atoms with Gasteiger partial charge in [-0.15, -0.1) is 0 Å². The van der Waals surface area contributed by atoms with Gasteiger partial charge in [-0.3, -0.25) is 18.6 Å². The normalized spacial score (nSPS) is 13.8. The summed E-state index contributed by atoms with van der Waals surface area (Å²) in [7, 11) is -4.40. The third kappa shape index (κ3) is 74.8. The van der Waals surface area contributed by atoms with E-state index in [4.69, 9.17) is 24.3 Å². The molecular weight excluding hydrogens is 1150 g/mol. The van der Waals surface area contributed by atoms with Crippen LogP contribution < -0.4 is 5.73 Å². The average molecular weight is 1280 g/mol. The van der Waals surface area contributed by atoms with Gasteiger partial charge in [0.1, 0.15) is 6.61 Å². The summed E-state index contributed by atoms with van der Waals surface area (Å²) in [5.41, 5.74) is 5.41. The van der Waals surface area contributed by atoms with Crippen molar-refractivity contribution in [3.8, 4) is 0 Å². The molecule has 0 amide bonds. The molecule has 0 saturated carbocycles. The molecule has 3 N–H and O–H groups in total. The standard InChI is InChI=1S/C81H138NO8P/c1-3-5-7-9-11-13-15-17-19-21-23-25-27-29-31-33-35-36-37-38-39-40-41-42-44-46-48-50-52-54-56-58-60-62-64-66-68-70-72-74-81(84)90-79(78-89-91(85,86)88-76-75-82)77-87-80(83)73-71-69-67-65-63-61-59-57-55-53-51-49-47-45-43-34-32-30-28-26-24-22-20-18-16-14-12-10-8-6-4-2/h5-8,11-14,17-20,23-26,29,31,35-36,38-39,41-42,79H,3-4,9-10,15-16,21-22,27-28,30,32-34,37,40,43-78,82H2,1-2H3,(H,85,86)/b7-5-,8-6-,13-11-,14-12-,19-17-,20-18-,25-23-,26-24-,31-29-,36-35-,39-38-,42-41-. The van der Waals surface area contributed by atoms with Gasteiger partial charge in [0, 0.05) is 19.4 Å². The van der Waals surface area contributed by atoms with Crippen LogP contribution in [0.2, 0.25) is 0 Å². The van der Waals surface area contributed by atoms with Crippen LogP contribution in [0.5, 0.6) is 0 Å². The summed E-state index contributed by atoms with van der Waals surface area (Å²) < 4.78 is 33.2. The molecule has 2 atom stereocenters. The number of rotatable bonds is 69. The van der Waals surface area contributed by atoms with Crippen LogP contribution in [0, 0.1) is 0 Å². The fourth-order valence-electron chi connectivity index (χ4n) is 10.3. The molecule has 0 aromatic heterocycles. The quantitative estimate of drug-likeness (QED) is 0.0264. The molecule has 0 aliphatic carbocycles. The van der Waals surface area contributed by atoms with E-state index in [0.29, 0.717) is 6.42 Å². The van der Waals surface area contributed by atoms with Gasteiger partial charge < -0.3 is 20.1 Å². The molecule has 0 spiro atoms. The minimum atomic E-state index is -4.40. The lowest BCUT2D eigenvalue weighted by molar-refractivity contribution is -0.161. The first kappa shape index (κ1) is 86.9. The van der Waals surface area contributed by atoms with Gasteiger partial charge in [0.15, 0.2) is 6.10 Å². The van der Waals surface area contributed by atoms with Crippen molar-refractivity contribution in [2.24, 2.45) is 5.73 Å². The second-order valence-electron chi connectivity index (χ2n) is 24.4. The smallest absolute Gasteiger partial charge is 0.462 e. The third-order valence-corrected chi connectivity index (χ3v) is 16.7. The summed E-state index contributed by atoms with van der Waals surface area (Å²) >= 11 is 0. The summed E-state index contributed by atoms with van der Waals surface area (Å²) in [4.78, 5) is 35.4. The second kappa shape index (κ2) is 74.9. The number of hydrogen-bond donors (Lipinski definition) is 2. The van der Waals surface area contributed by atoms with E-state index >= 15 is 0 Å². The van der Waals surface area contributed by atoms with Crippen LogP contribution in [-0.2, 0) is 32.7 Å². The zero-order chi connectivity index (χ0) is 65.8. The molecule has 0 aliphatic heterocycles. The molecule has 9 nitrogen and oxygen atoms in total. The van der Waals surface area contributed by atoms with Gasteiger partial charge in [-0.1, -0.05) is 339 Å². The number of unbranched alkanes of at least 4 members (excludes halogenated alkanes) is 32. The molecule has 0 aliphatic rings. The summed E-state index contributed by atoms with van der Waals surface area (Å²) in [6.07, 6.45) is 108. The summed E-state index contributed by atoms with van der Waals surface area (Å²) in [5.74, 6) is -0.823. The Hall–Kier alpha value is -4.11. The van der Waals surface area contributed by atoms with Crippen molar-refractivity contribution in [2.45, 2.75) is 328 Å². The number of ether oxygens (including phenoxy) is 2. The predicted octanol–water partition coefficient (Wildman–Crippen LogP) is 25.0. The van der Waals surface area contributed by atoms with Crippen LogP contribution in [0.1, 0.15) is 322 Å². The van der Waals surface area contributed by atoms with E-state index in [2.05, 4.69) is 160 Å². The lowest BCUT2D eigenvalue weighted by atomic mass is 10.0. The Bertz CT molecular complexity index is 2010. The van der Waals surface area contributed by atoms with E-state index in [1.54, 1.807) is 0 Å². The molecule has 0 heterocycles. The van der Waals surface area contributed by atoms with Crippen molar-refractivity contribution in [3.05, 3.63) is 146 Å². The number of esters is 2. The molecule has 91 heavy (non-hydrogen) atoms. The minimum Gasteiger partial charge on any atom is -0.462 e. The van der Waals surface area contributed by atoms with Crippen molar-refractivity contribution in [1.29, 1.82) is 0 Å². The van der Waals surface area contributed by atoms with Gasteiger partial charge in [-0.05, 0) is 116 Å². The molecule has 520 valence electrons. The lowest BCUT2D eigenvalue weighted by Crippen LogP contribution is -2.29. The van der Waals surface area contributed by atoms with E-state index in [1.807, 2.05) is 0 Å². The highest BCUT2D eigenvalue weighted by Gasteiger charge is 2.26. The molecule has 0 saturated heterocycles. The van der Waals surface area contributed by atoms with Crippen molar-refractivity contribution in [2.75, 3.05) is 26.4 Å². The SMILES string of the molecule is CC/C=C\C/C=C\C/C=C\C/C=C\C/C=C\C/C=C\C/C=C\C/C=C\CCCCCCCCCCCCCCCCC(=O)OC(COC(=O)CCCCCCCCCCCCCCCCCCCC/C=C\C/C=C\C/C=C\C/C=C\CC)COP(=O)(O)OCCN. The Morgan fingerprint density at radius 2 is 0.571 bits per heavy atom. The van der Waals surface area contributed by atoms with Crippen LogP contribution in [-0.4, -0.2) is 49.3 Å². The van der Waals surface area contributed by atoms with E-state index < -0.39 is 26.5 Å². The molecule has 0 fully saturated rings. The average Bonchev–Trinajstić information content (AvgIpc) is 3.71. The van der Waals surface area contributed by atoms with Crippen molar-refractivity contribution < 1.29 is 37.6 Å². The zero-order valence-corrected chi connectivity index (χ0v) is 59.4. The van der Waals surface area contributed by atoms with E-state index in [9.17, 15) is 19.0 Å². The number of allylic oxidation sites excluding steroid dienone is 24. The molecule has 2 unspecified atom stereocenters. The summed E-state index contributed by atoms with van der Waals surface area (Å²) in [5, 5.41) is 0. The van der Waals surface area contributed by atoms with Gasteiger partial charge >= 0.3 is 19.8 Å². The largest absolute Gasteiger partial charge is 0.472 e. The first-order chi connectivity index (χ1) is 44.8. The molecular formula is C81H138NO8P. The monoisotopic (exact) mass is 1280 g/mol. The van der Waals surface area contributed by atoms with Crippen LogP contribution in [0.25, 0.3) is 0 Å². The van der Waals surface area contributed by atoms with Crippen LogP contribution >= 0.6 is 7.82 Å². The number of carbonyl (C=O) groups excluding carboxylic acids is 2. The van der Waals surface area contributed by atoms with Crippen LogP contribution in [0.4, 0.5) is 0 Å². The molecule has 0 aromatic rings. The van der Waals surface area contributed by atoms with Gasteiger partial charge in [0.05, 0.1) is 13.2 Å². The van der Waals surface area contributed by atoms with Gasteiger partial charge in [0.25, 0.3) is 0 Å². The van der Waals surface area contributed by atoms with Crippen molar-refractivity contribution in [3.63, 3.8) is 0 Å². The summed E-state index contributed by atoms with van der Waals surface area (Å²) in [6, 6.07) is 0. The Kier molecular flexibility index (Phi) is 71.5. The maximum absolute atomic E-state index is 12.8. The van der Waals surface area contributed by atoms with Gasteiger partial charge in [-0.2, -0.15) is 0 Å². The van der Waals surface area contributed by atoms with Crippen molar-refractivity contribution >= 4 is 19.8 Å². The highest BCUT2D eigenvalue weighted by molar-refractivity contribution is 7.47. The zero-order valence-electron chi connectivity index (χ0n) is 58.5. The Balaban J connectivity index is 3.87. The molecule has 10 heteroatoms. The third-order valence-electron chi connectivity index (χ3n) is 15.7. The molecule has 0 aromatic carbocycles. The molecule has 0 bridgehead atoms. The maximum Gasteiger partial charge on any atom is 0.472 e. The first-order valence-corrected chi connectivity index (χ1v) is 38.8. The molecule has 0 radical (unpaired) electrons. The highest BCUT2D eigenvalue weighted by Crippen LogP contribution is 2.43. The maximum atomic E-state index is 12.8. The van der Waals surface area contributed by atoms with E-state index in [0.717, 1.165) is 116 Å². The van der Waals surface area contributed by atoms with Gasteiger partial charge in [-0.25, -0.2) is 4.57 Å². The fraction of sp³-hybridized carbons (Fsp3) is 0.679. The molecule has 0 rings (SSSR count). The minimum absolute atomic E-state index is 0.0493. The topological polar surface area (TPSA) is 134 Å². The highest BCUT2D eigenvalue weighted by atomic mass is 31.2. The van der Waals surface area contributed by atoms with Gasteiger partial charge in [0.2, 0.25) is 0 Å². The Morgan fingerprint density at radius 3 is 0.846 bits per heavy atom. The Labute approximate surface area is 560 Å². The second-order valence-corrected chi connectivity index (χ2v) is 25.9. The van der Waals surface area contributed by atoms with Crippen LogP contribution in [0.3, 0.4) is 0 Å². The van der Waals surface area contributed by atoms with Crippen LogP contribution in [0.15, 0.2) is 146 Å². The first-order valence-electron chi connectivity index (χ1n) is 37.3. The Morgan fingerprint density at radius 1 is 0.330 bits per heavy atom. The van der Waals surface area contributed by atoms with E-state index in [1.165, 1.54) is 173 Å². The lowest BCUT2D eigenvalue weighted by Gasteiger charge is -2.19. The number of nitrogens with two attached hydrogens (primary N) is 1. The van der Waals surface area contributed by atoms with Crippen molar-refractivity contribution in [1.82, 2.24) is 0 Å². The number of carbonyl (C=O) groups is 2. The predicted molar refractivity (Wildman–Crippen MR) is 394 cm³/mol. The number of hydrogen-bond acceptors (Lipinski definition) is 8. The van der Waals surface area contributed by atoms with E-state index in [-0.39, 0.29) is 38.6 Å². The fourth-order valence-corrected chi connectivity index (χ4v) is 11.1. The number of phosphoric ester groups is 1. The number of phosphoric acid groups is 1.